The van der Waals surface area contributed by atoms with E-state index in [1.165, 1.54) is 0 Å². The van der Waals surface area contributed by atoms with Gasteiger partial charge in [-0.3, -0.25) is 4.79 Å². The number of ether oxygens (including phenoxy) is 1. The first-order valence-corrected chi connectivity index (χ1v) is 9.53. The SMILES string of the molecule is CCn1c(C(C)NC(=O)C(C)Oc2cc(Cl)cc(Cl)c2)nc2ccccc21. The first-order valence-electron chi connectivity index (χ1n) is 8.77. The minimum atomic E-state index is -0.707. The average Bonchev–Trinajstić information content (AvgIpc) is 2.99. The molecule has 0 radical (unpaired) electrons. The molecule has 0 aliphatic heterocycles. The van der Waals surface area contributed by atoms with Crippen molar-refractivity contribution in [2.24, 2.45) is 0 Å². The summed E-state index contributed by atoms with van der Waals surface area (Å²) in [6.45, 7) is 6.41. The molecule has 0 aliphatic rings. The summed E-state index contributed by atoms with van der Waals surface area (Å²) in [6, 6.07) is 12.5. The van der Waals surface area contributed by atoms with Crippen LogP contribution in [0.1, 0.15) is 32.6 Å². The molecule has 2 aromatic carbocycles. The smallest absolute Gasteiger partial charge is 0.261 e. The van der Waals surface area contributed by atoms with Crippen molar-refractivity contribution < 1.29 is 9.53 Å². The van der Waals surface area contributed by atoms with E-state index in [9.17, 15) is 4.79 Å². The minimum absolute atomic E-state index is 0.242. The largest absolute Gasteiger partial charge is 0.481 e. The highest BCUT2D eigenvalue weighted by Gasteiger charge is 2.21. The van der Waals surface area contributed by atoms with Crippen LogP contribution in [0.4, 0.5) is 0 Å². The van der Waals surface area contributed by atoms with E-state index >= 15 is 0 Å². The maximum atomic E-state index is 12.6. The van der Waals surface area contributed by atoms with E-state index < -0.39 is 6.10 Å². The molecule has 0 bridgehead atoms. The van der Waals surface area contributed by atoms with Crippen molar-refractivity contribution in [2.45, 2.75) is 39.5 Å². The van der Waals surface area contributed by atoms with Gasteiger partial charge >= 0.3 is 0 Å². The third kappa shape index (κ3) is 4.37. The van der Waals surface area contributed by atoms with Gasteiger partial charge in [0, 0.05) is 16.6 Å². The Labute approximate surface area is 168 Å². The number of amides is 1. The van der Waals surface area contributed by atoms with E-state index in [0.29, 0.717) is 15.8 Å². The summed E-state index contributed by atoms with van der Waals surface area (Å²) in [7, 11) is 0. The lowest BCUT2D eigenvalue weighted by Crippen LogP contribution is -2.38. The van der Waals surface area contributed by atoms with Crippen LogP contribution in [0.3, 0.4) is 0 Å². The Morgan fingerprint density at radius 2 is 1.85 bits per heavy atom. The number of imidazole rings is 1. The lowest BCUT2D eigenvalue weighted by molar-refractivity contribution is -0.128. The molecule has 2 unspecified atom stereocenters. The Hall–Kier alpha value is -2.24. The topological polar surface area (TPSA) is 56.2 Å². The molecule has 1 amide bonds. The number of aryl methyl sites for hydroxylation is 1. The minimum Gasteiger partial charge on any atom is -0.481 e. The molecule has 7 heteroatoms. The number of rotatable bonds is 6. The highest BCUT2D eigenvalue weighted by atomic mass is 35.5. The molecule has 1 aromatic heterocycles. The lowest BCUT2D eigenvalue weighted by atomic mass is 10.2. The second-order valence-corrected chi connectivity index (χ2v) is 7.17. The van der Waals surface area contributed by atoms with Crippen LogP contribution in [-0.2, 0) is 11.3 Å². The fraction of sp³-hybridized carbons (Fsp3) is 0.300. The number of fused-ring (bicyclic) bond motifs is 1. The van der Waals surface area contributed by atoms with Crippen LogP contribution in [0.25, 0.3) is 11.0 Å². The number of nitrogens with zero attached hydrogens (tertiary/aromatic N) is 2. The summed E-state index contributed by atoms with van der Waals surface area (Å²) in [4.78, 5) is 17.3. The van der Waals surface area contributed by atoms with Crippen LogP contribution in [-0.4, -0.2) is 21.6 Å². The fourth-order valence-corrected chi connectivity index (χ4v) is 3.51. The Kier molecular flexibility index (Phi) is 5.92. The number of nitrogens with one attached hydrogen (secondary N) is 1. The molecule has 0 fully saturated rings. The van der Waals surface area contributed by atoms with Crippen molar-refractivity contribution in [3.8, 4) is 5.75 Å². The van der Waals surface area contributed by atoms with Gasteiger partial charge < -0.3 is 14.6 Å². The van der Waals surface area contributed by atoms with Crippen molar-refractivity contribution in [3.05, 3.63) is 58.3 Å². The number of carbonyl (C=O) groups is 1. The molecule has 27 heavy (non-hydrogen) atoms. The van der Waals surface area contributed by atoms with Gasteiger partial charge in [-0.15, -0.1) is 0 Å². The van der Waals surface area contributed by atoms with E-state index in [0.717, 1.165) is 23.4 Å². The molecule has 5 nitrogen and oxygen atoms in total. The van der Waals surface area contributed by atoms with Crippen LogP contribution < -0.4 is 10.1 Å². The van der Waals surface area contributed by atoms with E-state index in [1.54, 1.807) is 25.1 Å². The Balaban J connectivity index is 1.73. The number of carbonyl (C=O) groups excluding carboxylic acids is 1. The van der Waals surface area contributed by atoms with Crippen LogP contribution in [0.5, 0.6) is 5.75 Å². The van der Waals surface area contributed by atoms with Gasteiger partial charge in [-0.1, -0.05) is 35.3 Å². The number of para-hydroxylation sites is 2. The van der Waals surface area contributed by atoms with Gasteiger partial charge in [-0.2, -0.15) is 0 Å². The van der Waals surface area contributed by atoms with Gasteiger partial charge in [0.05, 0.1) is 17.1 Å². The van der Waals surface area contributed by atoms with E-state index in [2.05, 4.69) is 21.8 Å². The van der Waals surface area contributed by atoms with Crippen LogP contribution >= 0.6 is 23.2 Å². The van der Waals surface area contributed by atoms with Gasteiger partial charge in [0.1, 0.15) is 11.6 Å². The molecule has 3 aromatic rings. The Morgan fingerprint density at radius 3 is 2.52 bits per heavy atom. The molecule has 2 atom stereocenters. The van der Waals surface area contributed by atoms with Gasteiger partial charge in [0.15, 0.2) is 6.10 Å². The number of halogens is 2. The summed E-state index contributed by atoms with van der Waals surface area (Å²) in [5.41, 5.74) is 1.96. The van der Waals surface area contributed by atoms with Crippen molar-refractivity contribution in [1.82, 2.24) is 14.9 Å². The quantitative estimate of drug-likeness (QED) is 0.626. The Bertz CT molecular complexity index is 951. The molecule has 0 aliphatic carbocycles. The van der Waals surface area contributed by atoms with Gasteiger partial charge in [0.2, 0.25) is 0 Å². The van der Waals surface area contributed by atoms with E-state index in [4.69, 9.17) is 27.9 Å². The molecular weight excluding hydrogens is 385 g/mol. The van der Waals surface area contributed by atoms with Crippen LogP contribution in [0, 0.1) is 0 Å². The third-order valence-electron chi connectivity index (χ3n) is 4.26. The standard InChI is InChI=1S/C20H21Cl2N3O2/c1-4-25-18-8-6-5-7-17(18)24-19(25)12(2)23-20(26)13(3)27-16-10-14(21)9-15(22)11-16/h5-13H,4H2,1-3H3,(H,23,26). The zero-order valence-corrected chi connectivity index (χ0v) is 16.9. The molecule has 142 valence electrons. The van der Waals surface area contributed by atoms with Crippen LogP contribution in [0.15, 0.2) is 42.5 Å². The van der Waals surface area contributed by atoms with E-state index in [-0.39, 0.29) is 11.9 Å². The first kappa shape index (κ1) is 19.5. The summed E-state index contributed by atoms with van der Waals surface area (Å²) >= 11 is 11.9. The number of benzene rings is 2. The maximum absolute atomic E-state index is 12.6. The maximum Gasteiger partial charge on any atom is 0.261 e. The summed E-state index contributed by atoms with van der Waals surface area (Å²) in [5, 5.41) is 3.88. The highest BCUT2D eigenvalue weighted by molar-refractivity contribution is 6.34. The number of hydrogen-bond donors (Lipinski definition) is 1. The van der Waals surface area contributed by atoms with E-state index in [1.807, 2.05) is 31.2 Å². The second-order valence-electron chi connectivity index (χ2n) is 6.30. The zero-order valence-electron chi connectivity index (χ0n) is 15.4. The van der Waals surface area contributed by atoms with Crippen molar-refractivity contribution in [1.29, 1.82) is 0 Å². The highest BCUT2D eigenvalue weighted by Crippen LogP contribution is 2.25. The Morgan fingerprint density at radius 1 is 1.19 bits per heavy atom. The number of hydrogen-bond acceptors (Lipinski definition) is 3. The van der Waals surface area contributed by atoms with Crippen molar-refractivity contribution in [2.75, 3.05) is 0 Å². The zero-order chi connectivity index (χ0) is 19.6. The fourth-order valence-electron chi connectivity index (χ4n) is 3.01. The van der Waals surface area contributed by atoms with Crippen molar-refractivity contribution >= 4 is 40.1 Å². The van der Waals surface area contributed by atoms with Gasteiger partial charge in [0.25, 0.3) is 5.91 Å². The number of aromatic nitrogens is 2. The summed E-state index contributed by atoms with van der Waals surface area (Å²) in [5.74, 6) is 1.02. The molecule has 0 spiro atoms. The average molecular weight is 406 g/mol. The van der Waals surface area contributed by atoms with Gasteiger partial charge in [-0.05, 0) is 51.1 Å². The summed E-state index contributed by atoms with van der Waals surface area (Å²) in [6.07, 6.45) is -0.707. The molecule has 3 rings (SSSR count). The van der Waals surface area contributed by atoms with Crippen molar-refractivity contribution in [3.63, 3.8) is 0 Å². The molecule has 0 saturated carbocycles. The lowest BCUT2D eigenvalue weighted by Gasteiger charge is -2.19. The first-order chi connectivity index (χ1) is 12.9. The third-order valence-corrected chi connectivity index (χ3v) is 4.70. The second kappa shape index (κ2) is 8.19. The molecule has 1 heterocycles. The predicted octanol–water partition coefficient (Wildman–Crippen LogP) is 5.01. The monoisotopic (exact) mass is 405 g/mol. The molecule has 0 saturated heterocycles. The van der Waals surface area contributed by atoms with Crippen LogP contribution in [0.2, 0.25) is 10.0 Å². The molecule has 1 N–H and O–H groups in total. The van der Waals surface area contributed by atoms with Gasteiger partial charge in [-0.25, -0.2) is 4.98 Å². The molecular formula is C20H21Cl2N3O2. The predicted molar refractivity (Wildman–Crippen MR) is 109 cm³/mol. The summed E-state index contributed by atoms with van der Waals surface area (Å²) < 4.78 is 7.78. The normalized spacial score (nSPS) is 13.4.